The molecule has 0 unspecified atom stereocenters. The fraction of sp³-hybridized carbons (Fsp3) is 0.312. The summed E-state index contributed by atoms with van der Waals surface area (Å²) in [4.78, 5) is 24.1. The zero-order chi connectivity index (χ0) is 18.1. The second kappa shape index (κ2) is 6.83. The molecule has 0 atom stereocenters. The maximum Gasteiger partial charge on any atom is 0.237 e. The maximum absolute atomic E-state index is 13.1. The number of carbonyl (C=O) groups is 1. The normalized spacial score (nSPS) is 14.8. The van der Waals surface area contributed by atoms with E-state index in [1.807, 2.05) is 4.90 Å². The lowest BCUT2D eigenvalue weighted by molar-refractivity contribution is -0.128. The molecule has 1 aliphatic rings. The van der Waals surface area contributed by atoms with E-state index in [0.29, 0.717) is 48.8 Å². The number of alkyl halides is 1. The lowest BCUT2D eigenvalue weighted by Gasteiger charge is -2.35. The van der Waals surface area contributed by atoms with Crippen molar-refractivity contribution in [2.75, 3.05) is 37.0 Å². The van der Waals surface area contributed by atoms with Crippen molar-refractivity contribution in [3.8, 4) is 5.69 Å². The van der Waals surface area contributed by atoms with Crippen LogP contribution in [-0.4, -0.2) is 67.8 Å². The Morgan fingerprint density at radius 3 is 2.54 bits per heavy atom. The van der Waals surface area contributed by atoms with Gasteiger partial charge in [-0.3, -0.25) is 4.79 Å². The minimum atomic E-state index is -0.321. The van der Waals surface area contributed by atoms with Crippen LogP contribution in [0.2, 0.25) is 0 Å². The first-order chi connectivity index (χ1) is 12.7. The quantitative estimate of drug-likeness (QED) is 0.641. The van der Waals surface area contributed by atoms with Crippen molar-refractivity contribution in [2.45, 2.75) is 0 Å². The number of nitrogens with zero attached hydrogens (tertiary/aromatic N) is 7. The maximum atomic E-state index is 13.1. The molecule has 0 aliphatic carbocycles. The first kappa shape index (κ1) is 16.6. The van der Waals surface area contributed by atoms with E-state index in [2.05, 4.69) is 20.3 Å². The van der Waals surface area contributed by atoms with Gasteiger partial charge in [0.05, 0.1) is 5.69 Å². The molecule has 0 spiro atoms. The highest BCUT2D eigenvalue weighted by Gasteiger charge is 2.24. The number of benzene rings is 1. The smallest absolute Gasteiger partial charge is 0.237 e. The number of rotatable bonds is 3. The summed E-state index contributed by atoms with van der Waals surface area (Å²) in [6, 6.07) is 5.94. The van der Waals surface area contributed by atoms with Crippen molar-refractivity contribution in [3.63, 3.8) is 0 Å². The lowest BCUT2D eigenvalue weighted by atomic mass is 10.3. The average molecular weight is 376 g/mol. The molecule has 10 heteroatoms. The minimum absolute atomic E-state index is 0.0102. The molecular formula is C16H15ClFN7O. The number of hydrogen-bond donors (Lipinski definition) is 0. The zero-order valence-electron chi connectivity index (χ0n) is 13.7. The fourth-order valence-corrected chi connectivity index (χ4v) is 3.15. The van der Waals surface area contributed by atoms with Crippen LogP contribution in [0.3, 0.4) is 0 Å². The summed E-state index contributed by atoms with van der Waals surface area (Å²) in [5.74, 6) is 0.268. The number of amides is 1. The van der Waals surface area contributed by atoms with Crippen LogP contribution in [0.5, 0.6) is 0 Å². The molecule has 1 fully saturated rings. The van der Waals surface area contributed by atoms with E-state index in [-0.39, 0.29) is 17.6 Å². The van der Waals surface area contributed by atoms with Gasteiger partial charge >= 0.3 is 0 Å². The third-order valence-corrected chi connectivity index (χ3v) is 4.56. The monoisotopic (exact) mass is 375 g/mol. The molecule has 3 heterocycles. The van der Waals surface area contributed by atoms with E-state index in [9.17, 15) is 9.18 Å². The molecule has 8 nitrogen and oxygen atoms in total. The second-order valence-corrected chi connectivity index (χ2v) is 6.12. The third-order valence-electron chi connectivity index (χ3n) is 4.34. The van der Waals surface area contributed by atoms with Crippen LogP contribution < -0.4 is 4.90 Å². The van der Waals surface area contributed by atoms with Crippen LogP contribution in [0.1, 0.15) is 0 Å². The number of halogens is 2. The van der Waals surface area contributed by atoms with Crippen molar-refractivity contribution in [2.24, 2.45) is 0 Å². The number of aromatic nitrogens is 5. The van der Waals surface area contributed by atoms with Crippen molar-refractivity contribution in [1.82, 2.24) is 29.9 Å². The van der Waals surface area contributed by atoms with Crippen LogP contribution in [-0.2, 0) is 4.79 Å². The van der Waals surface area contributed by atoms with Crippen LogP contribution in [0.15, 0.2) is 30.6 Å². The molecule has 1 aliphatic heterocycles. The Bertz CT molecular complexity index is 937. The number of carbonyl (C=O) groups excluding carboxylic acids is 1. The minimum Gasteiger partial charge on any atom is -0.351 e. The summed E-state index contributed by atoms with van der Waals surface area (Å²) in [6.07, 6.45) is 1.46. The van der Waals surface area contributed by atoms with Gasteiger partial charge in [-0.1, -0.05) is 5.21 Å². The van der Waals surface area contributed by atoms with Crippen LogP contribution >= 0.6 is 11.6 Å². The van der Waals surface area contributed by atoms with E-state index >= 15 is 0 Å². The Kier molecular flexibility index (Phi) is 4.37. The average Bonchev–Trinajstić information content (AvgIpc) is 3.12. The van der Waals surface area contributed by atoms with Gasteiger partial charge in [0.1, 0.15) is 18.0 Å². The fourth-order valence-electron chi connectivity index (χ4n) is 2.98. The van der Waals surface area contributed by atoms with Gasteiger partial charge in [-0.15, -0.1) is 16.7 Å². The molecule has 1 saturated heterocycles. The molecule has 2 aromatic heterocycles. The summed E-state index contributed by atoms with van der Waals surface area (Å²) < 4.78 is 14.7. The molecule has 3 aromatic rings. The zero-order valence-corrected chi connectivity index (χ0v) is 14.5. The molecule has 134 valence electrons. The first-order valence-electron chi connectivity index (χ1n) is 8.08. The second-order valence-electron chi connectivity index (χ2n) is 5.85. The van der Waals surface area contributed by atoms with Crippen molar-refractivity contribution >= 4 is 34.5 Å². The number of fused-ring (bicyclic) bond motifs is 1. The summed E-state index contributed by atoms with van der Waals surface area (Å²) in [5.41, 5.74) is 1.77. The molecule has 1 aromatic carbocycles. The molecule has 0 radical (unpaired) electrons. The highest BCUT2D eigenvalue weighted by atomic mass is 35.5. The van der Waals surface area contributed by atoms with Gasteiger partial charge in [0.2, 0.25) is 5.91 Å². The summed E-state index contributed by atoms with van der Waals surface area (Å²) >= 11 is 5.62. The highest BCUT2D eigenvalue weighted by Crippen LogP contribution is 2.23. The third kappa shape index (κ3) is 2.94. The Labute approximate surface area is 153 Å². The summed E-state index contributed by atoms with van der Waals surface area (Å²) in [6.45, 7) is 2.39. The SMILES string of the molecule is O=C(CCl)N1CCN(c2ncnc3c2nnn3-c2ccc(F)cc2)CC1. The lowest BCUT2D eigenvalue weighted by Crippen LogP contribution is -2.49. The van der Waals surface area contributed by atoms with Crippen LogP contribution in [0.4, 0.5) is 10.2 Å². The van der Waals surface area contributed by atoms with E-state index in [1.54, 1.807) is 21.7 Å². The Balaban J connectivity index is 1.64. The number of anilines is 1. The van der Waals surface area contributed by atoms with E-state index in [4.69, 9.17) is 11.6 Å². The van der Waals surface area contributed by atoms with Gasteiger partial charge in [-0.2, -0.15) is 4.68 Å². The Hall–Kier alpha value is -2.81. The van der Waals surface area contributed by atoms with Gasteiger partial charge in [0.25, 0.3) is 0 Å². The molecule has 0 bridgehead atoms. The highest BCUT2D eigenvalue weighted by molar-refractivity contribution is 6.27. The van der Waals surface area contributed by atoms with Crippen LogP contribution in [0.25, 0.3) is 16.9 Å². The van der Waals surface area contributed by atoms with E-state index in [1.165, 1.54) is 18.5 Å². The van der Waals surface area contributed by atoms with Gasteiger partial charge in [-0.05, 0) is 24.3 Å². The number of hydrogen-bond acceptors (Lipinski definition) is 6. The van der Waals surface area contributed by atoms with Crippen molar-refractivity contribution in [3.05, 3.63) is 36.4 Å². The topological polar surface area (TPSA) is 80.0 Å². The van der Waals surface area contributed by atoms with Crippen LogP contribution in [0, 0.1) is 5.82 Å². The molecule has 0 N–H and O–H groups in total. The Morgan fingerprint density at radius 2 is 1.85 bits per heavy atom. The molecule has 0 saturated carbocycles. The molecule has 4 rings (SSSR count). The standard InChI is InChI=1S/C16H15ClFN7O/c17-9-13(26)23-5-7-24(8-6-23)15-14-16(20-10-19-15)25(22-21-14)12-3-1-11(18)2-4-12/h1-4,10H,5-9H2. The largest absolute Gasteiger partial charge is 0.351 e. The van der Waals surface area contributed by atoms with Gasteiger partial charge < -0.3 is 9.80 Å². The molecular weight excluding hydrogens is 361 g/mol. The van der Waals surface area contributed by atoms with Gasteiger partial charge in [0.15, 0.2) is 17.0 Å². The van der Waals surface area contributed by atoms with Crippen molar-refractivity contribution in [1.29, 1.82) is 0 Å². The summed E-state index contributed by atoms with van der Waals surface area (Å²) in [5, 5.41) is 8.35. The van der Waals surface area contributed by atoms with E-state index in [0.717, 1.165) is 0 Å². The van der Waals surface area contributed by atoms with E-state index < -0.39 is 0 Å². The number of piperazine rings is 1. The predicted molar refractivity (Wildman–Crippen MR) is 93.9 cm³/mol. The first-order valence-corrected chi connectivity index (χ1v) is 8.62. The van der Waals surface area contributed by atoms with Gasteiger partial charge in [-0.25, -0.2) is 14.4 Å². The predicted octanol–water partition coefficient (Wildman–Crippen LogP) is 1.24. The summed E-state index contributed by atoms with van der Waals surface area (Å²) in [7, 11) is 0. The van der Waals surface area contributed by atoms with Gasteiger partial charge in [0, 0.05) is 26.2 Å². The van der Waals surface area contributed by atoms with Crippen molar-refractivity contribution < 1.29 is 9.18 Å². The molecule has 26 heavy (non-hydrogen) atoms. The Morgan fingerprint density at radius 1 is 1.12 bits per heavy atom. The molecule has 1 amide bonds.